The van der Waals surface area contributed by atoms with Crippen LogP contribution in [0, 0.1) is 0 Å². The van der Waals surface area contributed by atoms with E-state index in [0.29, 0.717) is 11.5 Å². The van der Waals surface area contributed by atoms with E-state index in [0.717, 1.165) is 6.42 Å². The Hall–Kier alpha value is -1.44. The van der Waals surface area contributed by atoms with E-state index >= 15 is 0 Å². The summed E-state index contributed by atoms with van der Waals surface area (Å²) in [6, 6.07) is 1.76. The summed E-state index contributed by atoms with van der Waals surface area (Å²) in [5.74, 6) is -0.592. The number of hydrogen-bond acceptors (Lipinski definition) is 4. The molecule has 0 heterocycles. The number of sulfone groups is 1. The van der Waals surface area contributed by atoms with E-state index in [-0.39, 0.29) is 16.8 Å². The second-order valence-corrected chi connectivity index (χ2v) is 10.2. The van der Waals surface area contributed by atoms with Gasteiger partial charge in [0.15, 0.2) is 15.6 Å². The average Bonchev–Trinajstić information content (AvgIpc) is 2.86. The number of phenols is 1. The van der Waals surface area contributed by atoms with Crippen molar-refractivity contribution in [3.8, 4) is 5.75 Å². The van der Waals surface area contributed by atoms with Crippen LogP contribution in [0.1, 0.15) is 33.6 Å². The highest BCUT2D eigenvalue weighted by molar-refractivity contribution is 7.93. The molecule has 25 heavy (non-hydrogen) atoms. The summed E-state index contributed by atoms with van der Waals surface area (Å²) < 4.78 is 24.1. The fourth-order valence-corrected chi connectivity index (χ4v) is 4.37. The standard InChI is InChI=1S/C16H20Cl2N2O4S/c1-16(2,3)25(23,24)14-10(18)7-8-12(13(14)21)20-15(22)19-11-6-4-5-9(11)17/h5,7-8,11,21H,4,6H2,1-3H3,(H2,19,20,22). The van der Waals surface area contributed by atoms with Crippen molar-refractivity contribution >= 4 is 44.8 Å². The zero-order valence-corrected chi connectivity index (χ0v) is 16.4. The highest BCUT2D eigenvalue weighted by Crippen LogP contribution is 2.41. The van der Waals surface area contributed by atoms with E-state index in [1.54, 1.807) is 0 Å². The average molecular weight is 407 g/mol. The van der Waals surface area contributed by atoms with Gasteiger partial charge in [-0.05, 0) is 45.7 Å². The molecule has 3 N–H and O–H groups in total. The van der Waals surface area contributed by atoms with Crippen LogP contribution in [0.15, 0.2) is 28.1 Å². The molecule has 0 aromatic heterocycles. The number of nitrogens with one attached hydrogen (secondary N) is 2. The lowest BCUT2D eigenvalue weighted by Crippen LogP contribution is -2.37. The Bertz CT molecular complexity index is 829. The molecule has 1 unspecified atom stereocenters. The fourth-order valence-electron chi connectivity index (χ4n) is 2.34. The topological polar surface area (TPSA) is 95.5 Å². The molecule has 0 saturated heterocycles. The Labute approximate surface area is 157 Å². The molecule has 1 aromatic carbocycles. The first-order chi connectivity index (χ1) is 11.4. The third-order valence-electron chi connectivity index (χ3n) is 3.84. The predicted octanol–water partition coefficient (Wildman–Crippen LogP) is 4.02. The minimum absolute atomic E-state index is 0.0529. The summed E-state index contributed by atoms with van der Waals surface area (Å²) in [4.78, 5) is 11.7. The van der Waals surface area contributed by atoms with Crippen LogP contribution in [-0.4, -0.2) is 30.3 Å². The Balaban J connectivity index is 2.30. The molecular weight excluding hydrogens is 387 g/mol. The molecule has 0 saturated carbocycles. The third kappa shape index (κ3) is 4.04. The van der Waals surface area contributed by atoms with Crippen LogP contribution in [0.4, 0.5) is 10.5 Å². The molecule has 0 aliphatic heterocycles. The molecular formula is C16H20Cl2N2O4S. The lowest BCUT2D eigenvalue weighted by molar-refractivity contribution is 0.250. The summed E-state index contributed by atoms with van der Waals surface area (Å²) in [6.45, 7) is 4.50. The third-order valence-corrected chi connectivity index (χ3v) is 7.25. The summed E-state index contributed by atoms with van der Waals surface area (Å²) >= 11 is 12.0. The number of carbonyl (C=O) groups excluding carboxylic acids is 1. The predicted molar refractivity (Wildman–Crippen MR) is 99.2 cm³/mol. The fraction of sp³-hybridized carbons (Fsp3) is 0.438. The molecule has 1 atom stereocenters. The van der Waals surface area contributed by atoms with Gasteiger partial charge >= 0.3 is 6.03 Å². The summed E-state index contributed by atoms with van der Waals surface area (Å²) in [5.41, 5.74) is -0.0529. The molecule has 0 spiro atoms. The van der Waals surface area contributed by atoms with Crippen molar-refractivity contribution in [3.05, 3.63) is 28.3 Å². The number of allylic oxidation sites excluding steroid dienone is 1. The molecule has 9 heteroatoms. The maximum absolute atomic E-state index is 12.7. The van der Waals surface area contributed by atoms with Crippen molar-refractivity contribution in [2.24, 2.45) is 0 Å². The number of aromatic hydroxyl groups is 1. The van der Waals surface area contributed by atoms with Gasteiger partial charge in [-0.3, -0.25) is 0 Å². The number of carbonyl (C=O) groups is 1. The molecule has 1 aliphatic carbocycles. The normalized spacial score (nSPS) is 18.0. The van der Waals surface area contributed by atoms with Gasteiger partial charge in [-0.15, -0.1) is 0 Å². The number of halogens is 2. The molecule has 1 aliphatic rings. The maximum atomic E-state index is 12.7. The number of urea groups is 1. The zero-order chi connectivity index (χ0) is 19.0. The molecule has 1 aromatic rings. The quantitative estimate of drug-likeness (QED) is 0.660. The van der Waals surface area contributed by atoms with Gasteiger partial charge in [0, 0.05) is 5.03 Å². The van der Waals surface area contributed by atoms with Crippen LogP contribution in [0.3, 0.4) is 0 Å². The molecule has 6 nitrogen and oxygen atoms in total. The number of phenolic OH excluding ortho intramolecular Hbond substituents is 1. The molecule has 0 fully saturated rings. The van der Waals surface area contributed by atoms with E-state index in [1.165, 1.54) is 32.9 Å². The van der Waals surface area contributed by atoms with Gasteiger partial charge in [-0.1, -0.05) is 29.3 Å². The monoisotopic (exact) mass is 406 g/mol. The molecule has 2 amide bonds. The van der Waals surface area contributed by atoms with E-state index < -0.39 is 31.3 Å². The first-order valence-corrected chi connectivity index (χ1v) is 9.88. The van der Waals surface area contributed by atoms with Crippen LogP contribution >= 0.6 is 23.2 Å². The number of anilines is 1. The largest absolute Gasteiger partial charge is 0.504 e. The summed E-state index contributed by atoms with van der Waals surface area (Å²) in [5, 5.41) is 15.9. The second kappa shape index (κ2) is 7.05. The van der Waals surface area contributed by atoms with Gasteiger partial charge < -0.3 is 15.7 Å². The molecule has 0 bridgehead atoms. The van der Waals surface area contributed by atoms with Gasteiger partial charge in [0.05, 0.1) is 21.5 Å². The van der Waals surface area contributed by atoms with Crippen LogP contribution in [0.2, 0.25) is 5.02 Å². The van der Waals surface area contributed by atoms with Crippen LogP contribution < -0.4 is 10.6 Å². The van der Waals surface area contributed by atoms with Crippen molar-refractivity contribution in [1.29, 1.82) is 0 Å². The van der Waals surface area contributed by atoms with Crippen LogP contribution in [-0.2, 0) is 9.84 Å². The van der Waals surface area contributed by atoms with Crippen molar-refractivity contribution < 1.29 is 18.3 Å². The second-order valence-electron chi connectivity index (χ2n) is 6.71. The zero-order valence-electron chi connectivity index (χ0n) is 14.1. The number of hydrogen-bond donors (Lipinski definition) is 3. The Kier molecular flexibility index (Phi) is 5.61. The van der Waals surface area contributed by atoms with Crippen molar-refractivity contribution in [1.82, 2.24) is 5.32 Å². The Morgan fingerprint density at radius 3 is 2.44 bits per heavy atom. The minimum atomic E-state index is -3.91. The van der Waals surface area contributed by atoms with E-state index in [9.17, 15) is 18.3 Å². The summed E-state index contributed by atoms with van der Waals surface area (Å²) in [6.07, 6.45) is 3.27. The maximum Gasteiger partial charge on any atom is 0.319 e. The number of rotatable bonds is 3. The van der Waals surface area contributed by atoms with E-state index in [1.807, 2.05) is 6.08 Å². The van der Waals surface area contributed by atoms with Gasteiger partial charge in [0.25, 0.3) is 0 Å². The Morgan fingerprint density at radius 1 is 1.28 bits per heavy atom. The van der Waals surface area contributed by atoms with Crippen molar-refractivity contribution in [2.75, 3.05) is 5.32 Å². The highest BCUT2D eigenvalue weighted by atomic mass is 35.5. The van der Waals surface area contributed by atoms with E-state index in [4.69, 9.17) is 23.2 Å². The van der Waals surface area contributed by atoms with Crippen LogP contribution in [0.5, 0.6) is 5.75 Å². The van der Waals surface area contributed by atoms with Gasteiger partial charge in [-0.2, -0.15) is 0 Å². The SMILES string of the molecule is CC(C)(C)S(=O)(=O)c1c(Cl)ccc(NC(=O)NC2CCC=C2Cl)c1O. The lowest BCUT2D eigenvalue weighted by atomic mass is 10.2. The first-order valence-electron chi connectivity index (χ1n) is 7.64. The summed E-state index contributed by atoms with van der Waals surface area (Å²) in [7, 11) is -3.91. The van der Waals surface area contributed by atoms with Gasteiger partial charge in [0.2, 0.25) is 0 Å². The number of amides is 2. The Morgan fingerprint density at radius 2 is 1.92 bits per heavy atom. The molecule has 0 radical (unpaired) electrons. The minimum Gasteiger partial charge on any atom is -0.504 e. The van der Waals surface area contributed by atoms with Crippen molar-refractivity contribution in [2.45, 2.75) is 49.3 Å². The number of benzene rings is 1. The van der Waals surface area contributed by atoms with Gasteiger partial charge in [-0.25, -0.2) is 13.2 Å². The van der Waals surface area contributed by atoms with E-state index in [2.05, 4.69) is 10.6 Å². The van der Waals surface area contributed by atoms with Crippen molar-refractivity contribution in [3.63, 3.8) is 0 Å². The molecule has 138 valence electrons. The highest BCUT2D eigenvalue weighted by Gasteiger charge is 2.36. The molecule has 2 rings (SSSR count). The lowest BCUT2D eigenvalue weighted by Gasteiger charge is -2.22. The first kappa shape index (κ1) is 19.9. The van der Waals surface area contributed by atoms with Crippen LogP contribution in [0.25, 0.3) is 0 Å². The smallest absolute Gasteiger partial charge is 0.319 e. The van der Waals surface area contributed by atoms with Gasteiger partial charge in [0.1, 0.15) is 4.90 Å².